The fourth-order valence-electron chi connectivity index (χ4n) is 2.34. The van der Waals surface area contributed by atoms with Crippen LogP contribution in [0.15, 0.2) is 24.3 Å². The molecule has 1 aromatic rings. The SMILES string of the molecule is O=C(O)[C@H]1CCC[C@H]1C(=O)Nc1ccc(Cl)cc1. The predicted octanol–water partition coefficient (Wildman–Crippen LogP) is 2.78. The molecule has 1 aliphatic rings. The van der Waals surface area contributed by atoms with Gasteiger partial charge in [0.2, 0.25) is 5.91 Å². The van der Waals surface area contributed by atoms with Gasteiger partial charge in [-0.2, -0.15) is 0 Å². The quantitative estimate of drug-likeness (QED) is 0.885. The lowest BCUT2D eigenvalue weighted by Gasteiger charge is -2.15. The first-order valence-electron chi connectivity index (χ1n) is 5.87. The van der Waals surface area contributed by atoms with E-state index in [-0.39, 0.29) is 5.91 Å². The molecule has 0 spiro atoms. The fraction of sp³-hybridized carbons (Fsp3) is 0.385. The van der Waals surface area contributed by atoms with Crippen LogP contribution in [0.1, 0.15) is 19.3 Å². The Hall–Kier alpha value is -1.55. The van der Waals surface area contributed by atoms with Crippen LogP contribution in [-0.2, 0) is 9.59 Å². The van der Waals surface area contributed by atoms with Crippen LogP contribution in [0.2, 0.25) is 5.02 Å². The summed E-state index contributed by atoms with van der Waals surface area (Å²) in [5.41, 5.74) is 0.639. The van der Waals surface area contributed by atoms with Crippen molar-refractivity contribution in [1.82, 2.24) is 0 Å². The first-order valence-corrected chi connectivity index (χ1v) is 6.25. The molecule has 0 aromatic heterocycles. The minimum atomic E-state index is -0.885. The monoisotopic (exact) mass is 267 g/mol. The van der Waals surface area contributed by atoms with E-state index in [0.717, 1.165) is 6.42 Å². The molecule has 1 aromatic carbocycles. The average molecular weight is 268 g/mol. The molecule has 0 radical (unpaired) electrons. The summed E-state index contributed by atoms with van der Waals surface area (Å²) in [4.78, 5) is 23.0. The molecule has 0 aliphatic heterocycles. The van der Waals surface area contributed by atoms with Gasteiger partial charge in [0.15, 0.2) is 0 Å². The number of benzene rings is 1. The summed E-state index contributed by atoms with van der Waals surface area (Å²) in [5.74, 6) is -2.10. The van der Waals surface area contributed by atoms with Crippen LogP contribution in [0.5, 0.6) is 0 Å². The maximum absolute atomic E-state index is 12.0. The van der Waals surface area contributed by atoms with Crippen LogP contribution in [0.25, 0.3) is 0 Å². The molecule has 2 atom stereocenters. The Labute approximate surface area is 110 Å². The van der Waals surface area contributed by atoms with Gasteiger partial charge in [-0.25, -0.2) is 0 Å². The topological polar surface area (TPSA) is 66.4 Å². The van der Waals surface area contributed by atoms with Crippen molar-refractivity contribution in [3.05, 3.63) is 29.3 Å². The third kappa shape index (κ3) is 2.82. The zero-order valence-corrected chi connectivity index (χ0v) is 10.5. The fourth-order valence-corrected chi connectivity index (χ4v) is 2.46. The second kappa shape index (κ2) is 5.40. The molecule has 4 nitrogen and oxygen atoms in total. The number of anilines is 1. The van der Waals surface area contributed by atoms with Crippen molar-refractivity contribution in [2.24, 2.45) is 11.8 Å². The van der Waals surface area contributed by atoms with E-state index in [9.17, 15) is 9.59 Å². The second-order valence-corrected chi connectivity index (χ2v) is 4.91. The van der Waals surface area contributed by atoms with Gasteiger partial charge in [0.1, 0.15) is 0 Å². The molecular formula is C13H14ClNO3. The number of halogens is 1. The highest BCUT2D eigenvalue weighted by atomic mass is 35.5. The molecule has 2 N–H and O–H groups in total. The third-order valence-electron chi connectivity index (χ3n) is 3.28. The summed E-state index contributed by atoms with van der Waals surface area (Å²) in [6.45, 7) is 0. The zero-order valence-electron chi connectivity index (χ0n) is 9.73. The van der Waals surface area contributed by atoms with E-state index in [1.165, 1.54) is 0 Å². The molecule has 1 aliphatic carbocycles. The molecule has 5 heteroatoms. The molecule has 96 valence electrons. The molecule has 0 bridgehead atoms. The van der Waals surface area contributed by atoms with Gasteiger partial charge in [-0.05, 0) is 37.1 Å². The number of nitrogens with one attached hydrogen (secondary N) is 1. The minimum absolute atomic E-state index is 0.220. The van der Waals surface area contributed by atoms with E-state index in [4.69, 9.17) is 16.7 Å². The maximum Gasteiger partial charge on any atom is 0.307 e. The van der Waals surface area contributed by atoms with E-state index in [2.05, 4.69) is 5.32 Å². The van der Waals surface area contributed by atoms with Crippen LogP contribution in [-0.4, -0.2) is 17.0 Å². The number of carbonyl (C=O) groups excluding carboxylic acids is 1. The van der Waals surface area contributed by atoms with Crippen LogP contribution in [0.4, 0.5) is 5.69 Å². The number of hydrogen-bond donors (Lipinski definition) is 2. The van der Waals surface area contributed by atoms with E-state index in [1.54, 1.807) is 24.3 Å². The smallest absolute Gasteiger partial charge is 0.307 e. The first-order chi connectivity index (χ1) is 8.58. The Morgan fingerprint density at radius 3 is 2.39 bits per heavy atom. The summed E-state index contributed by atoms with van der Waals surface area (Å²) in [5, 5.41) is 12.4. The van der Waals surface area contributed by atoms with Gasteiger partial charge in [-0.15, -0.1) is 0 Å². The molecule has 0 heterocycles. The predicted molar refractivity (Wildman–Crippen MR) is 68.5 cm³/mol. The highest BCUT2D eigenvalue weighted by Gasteiger charge is 2.37. The van der Waals surface area contributed by atoms with Crippen molar-refractivity contribution in [2.75, 3.05) is 5.32 Å². The molecule has 2 rings (SSSR count). The number of carbonyl (C=O) groups is 2. The van der Waals surface area contributed by atoms with Crippen molar-refractivity contribution >= 4 is 29.2 Å². The van der Waals surface area contributed by atoms with Crippen LogP contribution >= 0.6 is 11.6 Å². The largest absolute Gasteiger partial charge is 0.481 e. The lowest BCUT2D eigenvalue weighted by molar-refractivity contribution is -0.145. The summed E-state index contributed by atoms with van der Waals surface area (Å²) >= 11 is 5.75. The van der Waals surface area contributed by atoms with E-state index in [0.29, 0.717) is 23.6 Å². The van der Waals surface area contributed by atoms with Crippen LogP contribution in [0.3, 0.4) is 0 Å². The summed E-state index contributed by atoms with van der Waals surface area (Å²) in [7, 11) is 0. The van der Waals surface area contributed by atoms with Crippen molar-refractivity contribution < 1.29 is 14.7 Å². The number of carboxylic acid groups (broad SMARTS) is 1. The molecule has 18 heavy (non-hydrogen) atoms. The molecular weight excluding hydrogens is 254 g/mol. The number of hydrogen-bond acceptors (Lipinski definition) is 2. The van der Waals surface area contributed by atoms with Crippen molar-refractivity contribution in [2.45, 2.75) is 19.3 Å². The molecule has 1 fully saturated rings. The zero-order chi connectivity index (χ0) is 13.1. The highest BCUT2D eigenvalue weighted by molar-refractivity contribution is 6.30. The van der Waals surface area contributed by atoms with Gasteiger partial charge in [0.05, 0.1) is 11.8 Å². The van der Waals surface area contributed by atoms with Gasteiger partial charge < -0.3 is 10.4 Å². The Balaban J connectivity index is 2.03. The lowest BCUT2D eigenvalue weighted by Crippen LogP contribution is -2.29. The number of rotatable bonds is 3. The summed E-state index contributed by atoms with van der Waals surface area (Å²) in [6, 6.07) is 6.76. The van der Waals surface area contributed by atoms with E-state index in [1.807, 2.05) is 0 Å². The van der Waals surface area contributed by atoms with Crippen molar-refractivity contribution in [3.63, 3.8) is 0 Å². The van der Waals surface area contributed by atoms with Crippen LogP contribution in [0, 0.1) is 11.8 Å². The second-order valence-electron chi connectivity index (χ2n) is 4.48. The van der Waals surface area contributed by atoms with Gasteiger partial charge in [0, 0.05) is 10.7 Å². The number of aliphatic carboxylic acids is 1. The van der Waals surface area contributed by atoms with Gasteiger partial charge in [-0.1, -0.05) is 18.0 Å². The average Bonchev–Trinajstić information content (AvgIpc) is 2.81. The van der Waals surface area contributed by atoms with Crippen molar-refractivity contribution in [1.29, 1.82) is 0 Å². The van der Waals surface area contributed by atoms with Crippen molar-refractivity contribution in [3.8, 4) is 0 Å². The number of amides is 1. The minimum Gasteiger partial charge on any atom is -0.481 e. The Kier molecular flexibility index (Phi) is 3.87. The first kappa shape index (κ1) is 12.9. The third-order valence-corrected chi connectivity index (χ3v) is 3.53. The molecule has 1 saturated carbocycles. The Morgan fingerprint density at radius 2 is 1.78 bits per heavy atom. The Bertz CT molecular complexity index is 458. The molecule has 0 saturated heterocycles. The molecule has 1 amide bonds. The summed E-state index contributed by atoms with van der Waals surface area (Å²) in [6.07, 6.45) is 2.00. The maximum atomic E-state index is 12.0. The number of carboxylic acids is 1. The van der Waals surface area contributed by atoms with Gasteiger partial charge >= 0.3 is 5.97 Å². The van der Waals surface area contributed by atoms with Crippen LogP contribution < -0.4 is 5.32 Å². The van der Waals surface area contributed by atoms with E-state index >= 15 is 0 Å². The van der Waals surface area contributed by atoms with E-state index < -0.39 is 17.8 Å². The standard InChI is InChI=1S/C13H14ClNO3/c14-8-4-6-9(7-5-8)15-12(16)10-2-1-3-11(10)13(17)18/h4-7,10-11H,1-3H2,(H,15,16)(H,17,18)/t10-,11+/m1/s1. The Morgan fingerprint density at radius 1 is 1.17 bits per heavy atom. The summed E-state index contributed by atoms with van der Waals surface area (Å²) < 4.78 is 0. The van der Waals surface area contributed by atoms with Gasteiger partial charge in [-0.3, -0.25) is 9.59 Å². The van der Waals surface area contributed by atoms with Gasteiger partial charge in [0.25, 0.3) is 0 Å². The lowest BCUT2D eigenvalue weighted by atomic mass is 9.95. The molecule has 0 unspecified atom stereocenters. The highest BCUT2D eigenvalue weighted by Crippen LogP contribution is 2.32. The normalized spacial score (nSPS) is 22.7.